The third kappa shape index (κ3) is 2.02. The van der Waals surface area contributed by atoms with Gasteiger partial charge in [-0.25, -0.2) is 4.57 Å². The second kappa shape index (κ2) is 3.49. The molecule has 0 saturated carbocycles. The van der Waals surface area contributed by atoms with E-state index < -0.39 is 0 Å². The maximum Gasteiger partial charge on any atom is 0.395 e. The van der Waals surface area contributed by atoms with E-state index >= 15 is 0 Å². The van der Waals surface area contributed by atoms with Crippen molar-refractivity contribution in [1.29, 1.82) is 0 Å². The fourth-order valence-corrected chi connectivity index (χ4v) is 1.01. The molecule has 0 aliphatic heterocycles. The highest BCUT2D eigenvalue weighted by molar-refractivity contribution is 7.17. The van der Waals surface area contributed by atoms with Crippen molar-refractivity contribution in [2.45, 2.75) is 13.8 Å². The zero-order chi connectivity index (χ0) is 8.27. The Morgan fingerprint density at radius 2 is 2.00 bits per heavy atom. The van der Waals surface area contributed by atoms with Crippen LogP contribution in [0.15, 0.2) is 18.2 Å². The molecule has 0 unspecified atom stereocenters. The van der Waals surface area contributed by atoms with E-state index in [1.54, 1.807) is 6.07 Å². The van der Waals surface area contributed by atoms with E-state index in [9.17, 15) is 4.57 Å². The molecule has 0 radical (unpaired) electrons. The minimum absolute atomic E-state index is 0.301. The normalized spacial score (nSPS) is 10.0. The molecule has 0 heterocycles. The Hall–Kier alpha value is -0.880. The fraction of sp³-hybridized carbons (Fsp3) is 0.250. The van der Waals surface area contributed by atoms with Gasteiger partial charge in [0.15, 0.2) is 0 Å². The standard InChI is InChI=1S/C8H9O2P/c1-6-3-4-8(10-11-9)5-7(6)2/h3-5H,1-2H3. The number of hydrogen-bond donors (Lipinski definition) is 0. The summed E-state index contributed by atoms with van der Waals surface area (Å²) >= 11 is 0. The molecular weight excluding hydrogens is 159 g/mol. The van der Waals surface area contributed by atoms with Crippen LogP contribution in [0.2, 0.25) is 0 Å². The van der Waals surface area contributed by atoms with Crippen molar-refractivity contribution in [2.24, 2.45) is 0 Å². The topological polar surface area (TPSA) is 26.3 Å². The molecule has 1 aromatic rings. The Bertz CT molecular complexity index is 271. The number of hydrogen-bond acceptors (Lipinski definition) is 2. The Balaban J connectivity index is 2.95. The quantitative estimate of drug-likeness (QED) is 0.634. The molecule has 0 N–H and O–H groups in total. The first-order valence-corrected chi connectivity index (χ1v) is 4.04. The zero-order valence-corrected chi connectivity index (χ0v) is 7.39. The molecule has 3 heteroatoms. The number of rotatable bonds is 2. The molecule has 2 nitrogen and oxygen atoms in total. The number of benzene rings is 1. The lowest BCUT2D eigenvalue weighted by atomic mass is 10.1. The third-order valence-electron chi connectivity index (χ3n) is 1.62. The minimum atomic E-state index is -0.301. The van der Waals surface area contributed by atoms with Gasteiger partial charge < -0.3 is 4.52 Å². The van der Waals surface area contributed by atoms with Crippen LogP contribution < -0.4 is 4.52 Å². The maximum absolute atomic E-state index is 10.0. The predicted octanol–water partition coefficient (Wildman–Crippen LogP) is 2.89. The summed E-state index contributed by atoms with van der Waals surface area (Å²) < 4.78 is 14.8. The van der Waals surface area contributed by atoms with Gasteiger partial charge in [-0.3, -0.25) is 0 Å². The van der Waals surface area contributed by atoms with Crippen LogP contribution in [0.1, 0.15) is 11.1 Å². The molecule has 0 amide bonds. The van der Waals surface area contributed by atoms with Crippen LogP contribution in [0.3, 0.4) is 0 Å². The summed E-state index contributed by atoms with van der Waals surface area (Å²) in [5.74, 6) is 0.643. The molecule has 0 saturated heterocycles. The van der Waals surface area contributed by atoms with Gasteiger partial charge in [-0.1, -0.05) is 6.07 Å². The van der Waals surface area contributed by atoms with E-state index in [0.29, 0.717) is 5.75 Å². The lowest BCUT2D eigenvalue weighted by Crippen LogP contribution is -1.81. The average Bonchev–Trinajstić information content (AvgIpc) is 1.98. The largest absolute Gasteiger partial charge is 0.408 e. The first kappa shape index (κ1) is 8.22. The van der Waals surface area contributed by atoms with E-state index in [-0.39, 0.29) is 8.69 Å². The minimum Gasteiger partial charge on any atom is -0.408 e. The van der Waals surface area contributed by atoms with Crippen LogP contribution in [0.25, 0.3) is 0 Å². The Kier molecular flexibility index (Phi) is 2.61. The van der Waals surface area contributed by atoms with Crippen molar-refractivity contribution in [3.63, 3.8) is 0 Å². The fourth-order valence-electron chi connectivity index (χ4n) is 0.814. The summed E-state index contributed by atoms with van der Waals surface area (Å²) in [6.07, 6.45) is 0. The molecular formula is C8H9O2P. The monoisotopic (exact) mass is 168 g/mol. The van der Waals surface area contributed by atoms with Crippen LogP contribution in [-0.2, 0) is 4.57 Å². The van der Waals surface area contributed by atoms with Gasteiger partial charge in [-0.05, 0) is 37.1 Å². The molecule has 0 aliphatic carbocycles. The summed E-state index contributed by atoms with van der Waals surface area (Å²) in [5.41, 5.74) is 2.35. The molecule has 1 rings (SSSR count). The van der Waals surface area contributed by atoms with Crippen LogP contribution in [0.5, 0.6) is 5.75 Å². The van der Waals surface area contributed by atoms with Crippen molar-refractivity contribution >= 4 is 8.69 Å². The molecule has 0 bridgehead atoms. The van der Waals surface area contributed by atoms with Gasteiger partial charge in [0.05, 0.1) is 0 Å². The maximum atomic E-state index is 10.0. The van der Waals surface area contributed by atoms with Crippen LogP contribution in [0.4, 0.5) is 0 Å². The van der Waals surface area contributed by atoms with Crippen molar-refractivity contribution in [1.82, 2.24) is 0 Å². The highest BCUT2D eigenvalue weighted by Crippen LogP contribution is 2.18. The van der Waals surface area contributed by atoms with Gasteiger partial charge >= 0.3 is 8.69 Å². The van der Waals surface area contributed by atoms with E-state index in [4.69, 9.17) is 4.52 Å². The van der Waals surface area contributed by atoms with Crippen molar-refractivity contribution < 1.29 is 9.09 Å². The van der Waals surface area contributed by atoms with E-state index in [2.05, 4.69) is 0 Å². The summed E-state index contributed by atoms with van der Waals surface area (Å²) in [4.78, 5) is 0. The lowest BCUT2D eigenvalue weighted by molar-refractivity contribution is 0.525. The van der Waals surface area contributed by atoms with E-state index in [1.165, 1.54) is 5.56 Å². The Morgan fingerprint density at radius 3 is 2.55 bits per heavy atom. The van der Waals surface area contributed by atoms with Gasteiger partial charge in [0, 0.05) is 0 Å². The summed E-state index contributed by atoms with van der Waals surface area (Å²) in [5, 5.41) is 0. The summed E-state index contributed by atoms with van der Waals surface area (Å²) in [6.45, 7) is 4.01. The van der Waals surface area contributed by atoms with Gasteiger partial charge in [-0.15, -0.1) is 0 Å². The average molecular weight is 168 g/mol. The first-order valence-electron chi connectivity index (χ1n) is 3.31. The number of aryl methyl sites for hydroxylation is 2. The molecule has 0 aromatic heterocycles. The van der Waals surface area contributed by atoms with Crippen LogP contribution >= 0.6 is 8.69 Å². The zero-order valence-electron chi connectivity index (χ0n) is 6.50. The SMILES string of the molecule is Cc1ccc(OP=O)cc1C. The van der Waals surface area contributed by atoms with Crippen molar-refractivity contribution in [2.75, 3.05) is 0 Å². The van der Waals surface area contributed by atoms with Gasteiger partial charge in [0.1, 0.15) is 5.75 Å². The molecule has 0 aliphatic rings. The van der Waals surface area contributed by atoms with Gasteiger partial charge in [0.2, 0.25) is 0 Å². The second-order valence-corrected chi connectivity index (χ2v) is 2.74. The van der Waals surface area contributed by atoms with Crippen LogP contribution in [-0.4, -0.2) is 0 Å². The highest BCUT2D eigenvalue weighted by Gasteiger charge is 1.95. The van der Waals surface area contributed by atoms with Crippen molar-refractivity contribution in [3.8, 4) is 5.75 Å². The second-order valence-electron chi connectivity index (χ2n) is 2.41. The Labute approximate surface area is 67.5 Å². The molecule has 58 valence electrons. The lowest BCUT2D eigenvalue weighted by Gasteiger charge is -2.00. The predicted molar refractivity (Wildman–Crippen MR) is 44.2 cm³/mol. The van der Waals surface area contributed by atoms with Crippen LogP contribution in [0, 0.1) is 13.8 Å². The Morgan fingerprint density at radius 1 is 1.27 bits per heavy atom. The van der Waals surface area contributed by atoms with Gasteiger partial charge in [-0.2, -0.15) is 0 Å². The molecule has 1 aromatic carbocycles. The molecule has 0 fully saturated rings. The van der Waals surface area contributed by atoms with Crippen molar-refractivity contribution in [3.05, 3.63) is 29.3 Å². The molecule has 0 spiro atoms. The summed E-state index contributed by atoms with van der Waals surface area (Å²) in [7, 11) is -0.301. The van der Waals surface area contributed by atoms with E-state index in [0.717, 1.165) is 5.56 Å². The van der Waals surface area contributed by atoms with E-state index in [1.807, 2.05) is 26.0 Å². The molecule has 11 heavy (non-hydrogen) atoms. The smallest absolute Gasteiger partial charge is 0.395 e. The third-order valence-corrected chi connectivity index (χ3v) is 1.91. The molecule has 0 atom stereocenters. The summed E-state index contributed by atoms with van der Waals surface area (Å²) in [6, 6.07) is 5.60. The van der Waals surface area contributed by atoms with Gasteiger partial charge in [0.25, 0.3) is 0 Å². The first-order chi connectivity index (χ1) is 5.24. The highest BCUT2D eigenvalue weighted by atomic mass is 31.1.